The Labute approximate surface area is 134 Å². The third kappa shape index (κ3) is 1.93. The zero-order valence-electron chi connectivity index (χ0n) is 14.1. The van der Waals surface area contributed by atoms with Gasteiger partial charge in [-0.3, -0.25) is 4.79 Å². The number of carbonyl (C=O) groups is 1. The highest BCUT2D eigenvalue weighted by Gasteiger charge is 2.59. The average Bonchev–Trinajstić information content (AvgIpc) is 2.68. The third-order valence-electron chi connectivity index (χ3n) is 8.43. The Balaban J connectivity index is 1.64. The molecule has 0 aromatic rings. The molecule has 7 atom stereocenters. The van der Waals surface area contributed by atoms with Crippen LogP contribution in [0.5, 0.6) is 0 Å². The molecule has 124 valence electrons. The van der Waals surface area contributed by atoms with Crippen LogP contribution in [-0.4, -0.2) is 23.7 Å². The van der Waals surface area contributed by atoms with Gasteiger partial charge in [0, 0.05) is 13.0 Å². The highest BCUT2D eigenvalue weighted by Crippen LogP contribution is 2.65. The first-order valence-electron chi connectivity index (χ1n) is 9.40. The summed E-state index contributed by atoms with van der Waals surface area (Å²) in [5.74, 6) is 3.11. The zero-order chi connectivity index (χ0) is 15.5. The van der Waals surface area contributed by atoms with Crippen LogP contribution < -0.4 is 5.32 Å². The summed E-state index contributed by atoms with van der Waals surface area (Å²) in [4.78, 5) is 12.0. The Kier molecular flexibility index (Phi) is 3.38. The van der Waals surface area contributed by atoms with Crippen LogP contribution in [0.3, 0.4) is 0 Å². The summed E-state index contributed by atoms with van der Waals surface area (Å²) in [5.41, 5.74) is 0.500. The molecule has 1 aliphatic heterocycles. The molecule has 0 spiro atoms. The largest absolute Gasteiger partial charge is 0.393 e. The first-order valence-corrected chi connectivity index (χ1v) is 9.40. The summed E-state index contributed by atoms with van der Waals surface area (Å²) in [7, 11) is 0. The molecule has 0 bridgehead atoms. The number of hydrogen-bond donors (Lipinski definition) is 2. The number of aliphatic hydroxyl groups is 1. The van der Waals surface area contributed by atoms with Crippen LogP contribution >= 0.6 is 0 Å². The van der Waals surface area contributed by atoms with E-state index < -0.39 is 0 Å². The lowest BCUT2D eigenvalue weighted by Gasteiger charge is -2.58. The maximum atomic E-state index is 12.0. The predicted octanol–water partition coefficient (Wildman–Crippen LogP) is 3.12. The third-order valence-corrected chi connectivity index (χ3v) is 8.43. The molecule has 0 aromatic carbocycles. The number of carbonyl (C=O) groups excluding carboxylic acids is 1. The molecule has 4 rings (SSSR count). The number of rotatable bonds is 0. The van der Waals surface area contributed by atoms with Gasteiger partial charge in [-0.05, 0) is 79.4 Å². The maximum Gasteiger partial charge on any atom is 0.220 e. The van der Waals surface area contributed by atoms with E-state index in [0.717, 1.165) is 37.6 Å². The molecule has 3 heteroatoms. The van der Waals surface area contributed by atoms with Gasteiger partial charge in [0.25, 0.3) is 0 Å². The van der Waals surface area contributed by atoms with Gasteiger partial charge >= 0.3 is 0 Å². The standard InChI is InChI=1S/C19H31NO2/c1-18-9-10-20-17(22)11-12(18)3-4-13-14-5-6-16(21)19(14,2)8-7-15(13)18/h12-16,21H,3-11H2,1-2H3,(H,20,22)/t12-,13-,14-,15-,16-,18-,19-/m0/s1. The van der Waals surface area contributed by atoms with Gasteiger partial charge in [0.1, 0.15) is 0 Å². The SMILES string of the molecule is C[C@]12CCNC(=O)C[C@@H]1CC[C@@H]1[C@@H]2CC[C@]2(C)[C@@H](O)CC[C@@H]12. The van der Waals surface area contributed by atoms with Crippen molar-refractivity contribution >= 4 is 5.91 Å². The van der Waals surface area contributed by atoms with Crippen LogP contribution in [0.4, 0.5) is 0 Å². The van der Waals surface area contributed by atoms with E-state index in [1.54, 1.807) is 0 Å². The van der Waals surface area contributed by atoms with E-state index in [-0.39, 0.29) is 17.4 Å². The summed E-state index contributed by atoms with van der Waals surface area (Å²) in [5, 5.41) is 13.6. The van der Waals surface area contributed by atoms with Crippen LogP contribution in [-0.2, 0) is 4.79 Å². The maximum absolute atomic E-state index is 12.0. The molecule has 1 amide bonds. The van der Waals surface area contributed by atoms with Crippen molar-refractivity contribution in [2.75, 3.05) is 6.54 Å². The second-order valence-electron chi connectivity index (χ2n) is 9.10. The van der Waals surface area contributed by atoms with Crippen LogP contribution in [0.1, 0.15) is 65.2 Å². The van der Waals surface area contributed by atoms with Crippen LogP contribution in [0.2, 0.25) is 0 Å². The minimum Gasteiger partial charge on any atom is -0.393 e. The van der Waals surface area contributed by atoms with E-state index in [1.807, 2.05) is 0 Å². The number of hydrogen-bond acceptors (Lipinski definition) is 2. The normalized spacial score (nSPS) is 54.7. The van der Waals surface area contributed by atoms with Gasteiger partial charge in [-0.2, -0.15) is 0 Å². The van der Waals surface area contributed by atoms with Gasteiger partial charge in [0.2, 0.25) is 5.91 Å². The van der Waals surface area contributed by atoms with Crippen LogP contribution in [0, 0.1) is 34.5 Å². The predicted molar refractivity (Wildman–Crippen MR) is 86.1 cm³/mol. The van der Waals surface area contributed by atoms with Gasteiger partial charge in [0.05, 0.1) is 6.10 Å². The van der Waals surface area contributed by atoms with Crippen LogP contribution in [0.15, 0.2) is 0 Å². The average molecular weight is 305 g/mol. The Morgan fingerprint density at radius 3 is 2.59 bits per heavy atom. The topological polar surface area (TPSA) is 49.3 Å². The van der Waals surface area contributed by atoms with E-state index in [0.29, 0.717) is 17.3 Å². The van der Waals surface area contributed by atoms with Gasteiger partial charge in [-0.1, -0.05) is 13.8 Å². The van der Waals surface area contributed by atoms with Gasteiger partial charge in [-0.25, -0.2) is 0 Å². The van der Waals surface area contributed by atoms with E-state index in [4.69, 9.17) is 0 Å². The summed E-state index contributed by atoms with van der Waals surface area (Å²) >= 11 is 0. The van der Waals surface area contributed by atoms with E-state index in [9.17, 15) is 9.90 Å². The minimum absolute atomic E-state index is 0.0821. The molecule has 3 saturated carbocycles. The second kappa shape index (κ2) is 4.96. The van der Waals surface area contributed by atoms with Crippen molar-refractivity contribution in [1.82, 2.24) is 5.32 Å². The summed E-state index contributed by atoms with van der Waals surface area (Å²) in [6.45, 7) is 5.68. The fourth-order valence-electron chi connectivity index (χ4n) is 7.00. The molecule has 2 N–H and O–H groups in total. The molecule has 22 heavy (non-hydrogen) atoms. The van der Waals surface area contributed by atoms with Gasteiger partial charge in [0.15, 0.2) is 0 Å². The molecule has 4 aliphatic rings. The van der Waals surface area contributed by atoms with Crippen molar-refractivity contribution in [2.24, 2.45) is 34.5 Å². The fourth-order valence-corrected chi connectivity index (χ4v) is 7.00. The highest BCUT2D eigenvalue weighted by atomic mass is 16.3. The lowest BCUT2D eigenvalue weighted by molar-refractivity contribution is -0.127. The van der Waals surface area contributed by atoms with Crippen molar-refractivity contribution in [3.8, 4) is 0 Å². The van der Waals surface area contributed by atoms with Gasteiger partial charge in [-0.15, -0.1) is 0 Å². The van der Waals surface area contributed by atoms with E-state index >= 15 is 0 Å². The molecule has 1 saturated heterocycles. The Morgan fingerprint density at radius 2 is 1.77 bits per heavy atom. The summed E-state index contributed by atoms with van der Waals surface area (Å²) < 4.78 is 0. The highest BCUT2D eigenvalue weighted by molar-refractivity contribution is 5.76. The second-order valence-corrected chi connectivity index (χ2v) is 9.10. The number of fused-ring (bicyclic) bond motifs is 5. The zero-order valence-corrected chi connectivity index (χ0v) is 14.1. The monoisotopic (exact) mass is 305 g/mol. The van der Waals surface area contributed by atoms with Crippen molar-refractivity contribution in [3.63, 3.8) is 0 Å². The molecule has 0 aromatic heterocycles. The smallest absolute Gasteiger partial charge is 0.220 e. The lowest BCUT2D eigenvalue weighted by atomic mass is 9.47. The number of amides is 1. The molecule has 4 fully saturated rings. The first-order chi connectivity index (χ1) is 10.4. The lowest BCUT2D eigenvalue weighted by Crippen LogP contribution is -2.52. The summed E-state index contributed by atoms with van der Waals surface area (Å²) in [6.07, 6.45) is 8.97. The van der Waals surface area contributed by atoms with Crippen molar-refractivity contribution in [3.05, 3.63) is 0 Å². The molecule has 3 aliphatic carbocycles. The molecule has 0 radical (unpaired) electrons. The Bertz CT molecular complexity index is 478. The minimum atomic E-state index is -0.0821. The van der Waals surface area contributed by atoms with Crippen LogP contribution in [0.25, 0.3) is 0 Å². The van der Waals surface area contributed by atoms with E-state index in [2.05, 4.69) is 19.2 Å². The quantitative estimate of drug-likeness (QED) is 0.722. The Morgan fingerprint density at radius 1 is 1.00 bits per heavy atom. The molecular weight excluding hydrogens is 274 g/mol. The Hall–Kier alpha value is -0.570. The van der Waals surface area contributed by atoms with E-state index in [1.165, 1.54) is 32.1 Å². The molecule has 1 heterocycles. The molecular formula is C19H31NO2. The summed E-state index contributed by atoms with van der Waals surface area (Å²) in [6, 6.07) is 0. The molecule has 3 nitrogen and oxygen atoms in total. The van der Waals surface area contributed by atoms with Crippen molar-refractivity contribution in [2.45, 2.75) is 71.3 Å². The van der Waals surface area contributed by atoms with Crippen molar-refractivity contribution in [1.29, 1.82) is 0 Å². The van der Waals surface area contributed by atoms with Gasteiger partial charge < -0.3 is 10.4 Å². The first kappa shape index (κ1) is 15.0. The van der Waals surface area contributed by atoms with Crippen molar-refractivity contribution < 1.29 is 9.90 Å². The number of nitrogens with one attached hydrogen (secondary N) is 1. The number of aliphatic hydroxyl groups excluding tert-OH is 1. The molecule has 0 unspecified atom stereocenters. The fraction of sp³-hybridized carbons (Fsp3) is 0.947.